The molecule has 0 aliphatic rings. The Bertz CT molecular complexity index is 1380. The zero-order valence-corrected chi connectivity index (χ0v) is 18.6. The largest absolute Gasteiger partial charge is 0.0651 e. The molecule has 0 saturated carbocycles. The average molecular weight is 441 g/mol. The second-order valence-corrected chi connectivity index (χ2v) is 8.94. The Labute approximate surface area is 180 Å². The first-order chi connectivity index (χ1) is 14.2. The summed E-state index contributed by atoms with van der Waals surface area (Å²) in [7, 11) is 0. The molecule has 0 N–H and O–H groups in total. The summed E-state index contributed by atoms with van der Waals surface area (Å²) in [6, 6.07) is 25.1. The van der Waals surface area contributed by atoms with Crippen molar-refractivity contribution in [2.75, 3.05) is 0 Å². The highest BCUT2D eigenvalue weighted by Gasteiger charge is 2.12. The monoisotopic (exact) mass is 440 g/mol. The number of fused-ring (bicyclic) bond motifs is 4. The molecule has 0 saturated heterocycles. The standard InChI is InChI=1S/C28H25Br/c1-3-7-20-13-25-16-23-14-21-11-18-9-5-6-10-19(18)12-22(21)15-24(23)17-27(25)28(29)26(20)8-4-2/h5-6,9-17H,3-4,7-8H2,1-2H3. The first-order valence-electron chi connectivity index (χ1n) is 10.7. The van der Waals surface area contributed by atoms with E-state index < -0.39 is 0 Å². The lowest BCUT2D eigenvalue weighted by Gasteiger charge is -2.15. The molecule has 0 aromatic heterocycles. The summed E-state index contributed by atoms with van der Waals surface area (Å²) in [6.07, 6.45) is 4.63. The minimum absolute atomic E-state index is 1.13. The van der Waals surface area contributed by atoms with E-state index in [2.05, 4.69) is 96.5 Å². The maximum absolute atomic E-state index is 3.97. The highest BCUT2D eigenvalue weighted by Crippen LogP contribution is 2.36. The summed E-state index contributed by atoms with van der Waals surface area (Å²) in [4.78, 5) is 0. The number of hydrogen-bond donors (Lipinski definition) is 0. The van der Waals surface area contributed by atoms with Crippen LogP contribution < -0.4 is 0 Å². The van der Waals surface area contributed by atoms with Crippen LogP contribution in [0.4, 0.5) is 0 Å². The summed E-state index contributed by atoms with van der Waals surface area (Å²) in [5, 5.41) is 10.5. The summed E-state index contributed by atoms with van der Waals surface area (Å²) in [5.41, 5.74) is 2.99. The van der Waals surface area contributed by atoms with Crippen molar-refractivity contribution < 1.29 is 0 Å². The van der Waals surface area contributed by atoms with E-state index in [-0.39, 0.29) is 0 Å². The molecule has 0 heterocycles. The minimum Gasteiger partial charge on any atom is -0.0651 e. The summed E-state index contributed by atoms with van der Waals surface area (Å²) < 4.78 is 1.29. The van der Waals surface area contributed by atoms with Gasteiger partial charge in [-0.05, 0) is 119 Å². The van der Waals surface area contributed by atoms with E-state index in [9.17, 15) is 0 Å². The highest BCUT2D eigenvalue weighted by atomic mass is 79.9. The van der Waals surface area contributed by atoms with Crippen LogP contribution in [0.5, 0.6) is 0 Å². The molecule has 0 bridgehead atoms. The van der Waals surface area contributed by atoms with Gasteiger partial charge in [-0.3, -0.25) is 0 Å². The summed E-state index contributed by atoms with van der Waals surface area (Å²) in [6.45, 7) is 4.54. The van der Waals surface area contributed by atoms with E-state index >= 15 is 0 Å². The molecule has 29 heavy (non-hydrogen) atoms. The number of rotatable bonds is 4. The fourth-order valence-corrected chi connectivity index (χ4v) is 5.46. The molecule has 0 nitrogen and oxygen atoms in total. The second kappa shape index (κ2) is 7.46. The third-order valence-corrected chi connectivity index (χ3v) is 6.97. The molecule has 0 amide bonds. The lowest BCUT2D eigenvalue weighted by atomic mass is 9.92. The predicted molar refractivity (Wildman–Crippen MR) is 132 cm³/mol. The van der Waals surface area contributed by atoms with E-state index in [4.69, 9.17) is 0 Å². The van der Waals surface area contributed by atoms with Crippen LogP contribution in [0, 0.1) is 0 Å². The lowest BCUT2D eigenvalue weighted by Crippen LogP contribution is -1.97. The van der Waals surface area contributed by atoms with Gasteiger partial charge in [0.2, 0.25) is 0 Å². The molecule has 5 aromatic rings. The van der Waals surface area contributed by atoms with E-state index in [1.54, 1.807) is 0 Å². The third kappa shape index (κ3) is 3.22. The smallest absolute Gasteiger partial charge is 0.0288 e. The van der Waals surface area contributed by atoms with Gasteiger partial charge in [-0.1, -0.05) is 57.0 Å². The summed E-state index contributed by atoms with van der Waals surface area (Å²) >= 11 is 3.97. The first kappa shape index (κ1) is 18.6. The minimum atomic E-state index is 1.13. The molecule has 5 rings (SSSR count). The Morgan fingerprint density at radius 2 is 1.10 bits per heavy atom. The fourth-order valence-electron chi connectivity index (χ4n) is 4.66. The van der Waals surface area contributed by atoms with Gasteiger partial charge in [0.1, 0.15) is 0 Å². The third-order valence-electron chi connectivity index (χ3n) is 6.07. The molecule has 0 aliphatic carbocycles. The zero-order chi connectivity index (χ0) is 20.0. The van der Waals surface area contributed by atoms with E-state index in [1.807, 2.05) is 0 Å². The number of halogens is 1. The Hall–Kier alpha value is -2.38. The van der Waals surface area contributed by atoms with Gasteiger partial charge in [0.05, 0.1) is 0 Å². The van der Waals surface area contributed by atoms with Crippen LogP contribution in [0.1, 0.15) is 37.8 Å². The first-order valence-corrected chi connectivity index (χ1v) is 11.5. The Morgan fingerprint density at radius 3 is 1.69 bits per heavy atom. The summed E-state index contributed by atoms with van der Waals surface area (Å²) in [5.74, 6) is 0. The maximum atomic E-state index is 3.97. The van der Waals surface area contributed by atoms with Gasteiger partial charge in [-0.15, -0.1) is 0 Å². The normalized spacial score (nSPS) is 11.8. The SMILES string of the molecule is CCCc1cc2cc3cc4cc5ccccc5cc4cc3cc2c(Br)c1CCC. The molecule has 0 fully saturated rings. The quantitative estimate of drug-likeness (QED) is 0.244. The topological polar surface area (TPSA) is 0 Å². The van der Waals surface area contributed by atoms with Crippen LogP contribution in [-0.2, 0) is 12.8 Å². The Kier molecular flexibility index (Phi) is 4.80. The van der Waals surface area contributed by atoms with Crippen molar-refractivity contribution in [2.45, 2.75) is 39.5 Å². The molecule has 0 radical (unpaired) electrons. The van der Waals surface area contributed by atoms with Gasteiger partial charge in [0.15, 0.2) is 0 Å². The molecule has 0 atom stereocenters. The van der Waals surface area contributed by atoms with E-state index in [0.29, 0.717) is 0 Å². The van der Waals surface area contributed by atoms with Crippen molar-refractivity contribution in [3.63, 3.8) is 0 Å². The van der Waals surface area contributed by atoms with Crippen molar-refractivity contribution in [1.29, 1.82) is 0 Å². The Morgan fingerprint density at radius 1 is 0.586 bits per heavy atom. The number of benzene rings is 5. The molecule has 0 unspecified atom stereocenters. The van der Waals surface area contributed by atoms with E-state index in [0.717, 1.165) is 12.8 Å². The molecule has 144 valence electrons. The van der Waals surface area contributed by atoms with Crippen LogP contribution in [-0.4, -0.2) is 0 Å². The molecule has 1 heteroatoms. The average Bonchev–Trinajstić information content (AvgIpc) is 2.73. The second-order valence-electron chi connectivity index (χ2n) is 8.15. The molecular weight excluding hydrogens is 416 g/mol. The van der Waals surface area contributed by atoms with Crippen LogP contribution in [0.2, 0.25) is 0 Å². The predicted octanol–water partition coefficient (Wildman–Crippen LogP) is 8.97. The van der Waals surface area contributed by atoms with Crippen molar-refractivity contribution >= 4 is 59.0 Å². The van der Waals surface area contributed by atoms with Gasteiger partial charge >= 0.3 is 0 Å². The number of aryl methyl sites for hydroxylation is 1. The maximum Gasteiger partial charge on any atom is 0.0288 e. The number of hydrogen-bond acceptors (Lipinski definition) is 0. The lowest BCUT2D eigenvalue weighted by molar-refractivity contribution is 0.860. The van der Waals surface area contributed by atoms with Crippen LogP contribution in [0.15, 0.2) is 71.2 Å². The van der Waals surface area contributed by atoms with Gasteiger partial charge in [-0.2, -0.15) is 0 Å². The van der Waals surface area contributed by atoms with Crippen LogP contribution >= 0.6 is 15.9 Å². The van der Waals surface area contributed by atoms with Gasteiger partial charge in [0, 0.05) is 4.47 Å². The Balaban J connectivity index is 1.81. The van der Waals surface area contributed by atoms with Crippen molar-refractivity contribution in [2.24, 2.45) is 0 Å². The van der Waals surface area contributed by atoms with Crippen LogP contribution in [0.3, 0.4) is 0 Å². The zero-order valence-electron chi connectivity index (χ0n) is 17.1. The molecular formula is C28H25Br. The molecule has 0 aliphatic heterocycles. The van der Waals surface area contributed by atoms with Crippen molar-refractivity contribution in [3.8, 4) is 0 Å². The fraction of sp³-hybridized carbons (Fsp3) is 0.214. The molecule has 0 spiro atoms. The van der Waals surface area contributed by atoms with E-state index in [1.165, 1.54) is 71.5 Å². The van der Waals surface area contributed by atoms with Gasteiger partial charge in [-0.25, -0.2) is 0 Å². The van der Waals surface area contributed by atoms with Crippen LogP contribution in [0.25, 0.3) is 43.1 Å². The van der Waals surface area contributed by atoms with Gasteiger partial charge < -0.3 is 0 Å². The van der Waals surface area contributed by atoms with Crippen molar-refractivity contribution in [1.82, 2.24) is 0 Å². The van der Waals surface area contributed by atoms with Gasteiger partial charge in [0.25, 0.3) is 0 Å². The molecule has 5 aromatic carbocycles. The highest BCUT2D eigenvalue weighted by molar-refractivity contribution is 9.10. The van der Waals surface area contributed by atoms with Crippen molar-refractivity contribution in [3.05, 3.63) is 82.3 Å².